The summed E-state index contributed by atoms with van der Waals surface area (Å²) in [6.45, 7) is 0.0995. The second-order valence-electron chi connectivity index (χ2n) is 7.68. The Kier molecular flexibility index (Phi) is 6.23. The summed E-state index contributed by atoms with van der Waals surface area (Å²) >= 11 is 0. The van der Waals surface area contributed by atoms with Gasteiger partial charge in [-0.25, -0.2) is 8.78 Å². The smallest absolute Gasteiger partial charge is 0.253 e. The van der Waals surface area contributed by atoms with Crippen LogP contribution >= 0.6 is 0 Å². The van der Waals surface area contributed by atoms with Gasteiger partial charge in [-0.15, -0.1) is 0 Å². The second kappa shape index (κ2) is 9.23. The molecule has 3 aromatic rings. The van der Waals surface area contributed by atoms with Gasteiger partial charge >= 0.3 is 0 Å². The van der Waals surface area contributed by atoms with E-state index in [0.29, 0.717) is 22.4 Å². The van der Waals surface area contributed by atoms with Crippen LogP contribution in [0.2, 0.25) is 0 Å². The molecule has 0 atom stereocenters. The summed E-state index contributed by atoms with van der Waals surface area (Å²) in [6, 6.07) is 12.0. The van der Waals surface area contributed by atoms with Gasteiger partial charge in [-0.2, -0.15) is 0 Å². The van der Waals surface area contributed by atoms with Gasteiger partial charge in [0, 0.05) is 42.0 Å². The summed E-state index contributed by atoms with van der Waals surface area (Å²) in [5, 5.41) is 5.54. The topological polar surface area (TPSA) is 97.1 Å². The van der Waals surface area contributed by atoms with Crippen molar-refractivity contribution in [2.75, 3.05) is 0 Å². The van der Waals surface area contributed by atoms with Gasteiger partial charge in [-0.05, 0) is 54.8 Å². The first kappa shape index (κ1) is 21.6. The highest BCUT2D eigenvalue weighted by molar-refractivity contribution is 5.96. The monoisotopic (exact) mass is 436 g/mol. The molecule has 0 saturated heterocycles. The van der Waals surface area contributed by atoms with Gasteiger partial charge in [0.25, 0.3) is 11.8 Å². The molecule has 32 heavy (non-hydrogen) atoms. The standard InChI is InChI=1S/C24H22F2N4O2/c25-17-3-1-2-14(8-17)12-29-23(31)15-4-7-22(28-13-15)19-9-16(10-21(26)20(19)11-27)24(32)30-18-5-6-18/h1-4,7-10,13,18H,5-6,11-12,27H2,(H,29,31)(H,30,32). The van der Waals surface area contributed by atoms with E-state index >= 15 is 0 Å². The van der Waals surface area contributed by atoms with E-state index in [1.807, 2.05) is 0 Å². The fraction of sp³-hybridized carbons (Fsp3) is 0.208. The molecule has 0 spiro atoms. The molecule has 164 valence electrons. The Morgan fingerprint density at radius 3 is 2.50 bits per heavy atom. The van der Waals surface area contributed by atoms with Gasteiger partial charge < -0.3 is 16.4 Å². The maximum atomic E-state index is 14.6. The van der Waals surface area contributed by atoms with Gasteiger partial charge in [0.1, 0.15) is 11.6 Å². The minimum atomic E-state index is -0.579. The van der Waals surface area contributed by atoms with Gasteiger partial charge in [-0.1, -0.05) is 12.1 Å². The number of nitrogens with zero attached hydrogens (tertiary/aromatic N) is 1. The Labute approximate surface area is 183 Å². The molecule has 1 aliphatic rings. The first-order chi connectivity index (χ1) is 15.4. The maximum Gasteiger partial charge on any atom is 0.253 e. The van der Waals surface area contributed by atoms with Gasteiger partial charge in [0.15, 0.2) is 0 Å². The first-order valence-electron chi connectivity index (χ1n) is 10.3. The average Bonchev–Trinajstić information content (AvgIpc) is 3.61. The molecule has 1 fully saturated rings. The van der Waals surface area contributed by atoms with Crippen LogP contribution in [-0.4, -0.2) is 22.8 Å². The van der Waals surface area contributed by atoms with E-state index in [2.05, 4.69) is 15.6 Å². The molecular formula is C24H22F2N4O2. The van der Waals surface area contributed by atoms with Crippen LogP contribution in [0.25, 0.3) is 11.3 Å². The van der Waals surface area contributed by atoms with Gasteiger partial charge in [0.05, 0.1) is 11.3 Å². The third kappa shape index (κ3) is 4.97. The number of carbonyl (C=O) groups is 2. The van der Waals surface area contributed by atoms with Crippen molar-refractivity contribution in [3.63, 3.8) is 0 Å². The highest BCUT2D eigenvalue weighted by atomic mass is 19.1. The first-order valence-corrected chi connectivity index (χ1v) is 10.3. The Hall–Kier alpha value is -3.65. The fourth-order valence-electron chi connectivity index (χ4n) is 3.32. The molecule has 2 amide bonds. The Bertz CT molecular complexity index is 1160. The largest absolute Gasteiger partial charge is 0.349 e. The third-order valence-corrected chi connectivity index (χ3v) is 5.22. The molecule has 2 aromatic carbocycles. The predicted molar refractivity (Wildman–Crippen MR) is 116 cm³/mol. The summed E-state index contributed by atoms with van der Waals surface area (Å²) in [6.07, 6.45) is 3.21. The number of carbonyl (C=O) groups excluding carboxylic acids is 2. The van der Waals surface area contributed by atoms with Crippen LogP contribution in [0.15, 0.2) is 54.7 Å². The quantitative estimate of drug-likeness (QED) is 0.529. The number of benzene rings is 2. The number of pyridine rings is 1. The van der Waals surface area contributed by atoms with Crippen molar-refractivity contribution in [2.24, 2.45) is 5.73 Å². The van der Waals surface area contributed by atoms with E-state index in [4.69, 9.17) is 5.73 Å². The zero-order chi connectivity index (χ0) is 22.7. The van der Waals surface area contributed by atoms with Gasteiger partial charge in [0.2, 0.25) is 0 Å². The molecule has 6 nitrogen and oxygen atoms in total. The molecule has 0 unspecified atom stereocenters. The van der Waals surface area contributed by atoms with Crippen molar-refractivity contribution >= 4 is 11.8 Å². The second-order valence-corrected chi connectivity index (χ2v) is 7.68. The lowest BCUT2D eigenvalue weighted by Gasteiger charge is -2.12. The molecule has 0 radical (unpaired) electrons. The lowest BCUT2D eigenvalue weighted by molar-refractivity contribution is 0.0942. The van der Waals surface area contributed by atoms with E-state index < -0.39 is 5.82 Å². The molecule has 1 aliphatic carbocycles. The average molecular weight is 436 g/mol. The van der Waals surface area contributed by atoms with Crippen molar-refractivity contribution in [2.45, 2.75) is 32.0 Å². The molecular weight excluding hydrogens is 414 g/mol. The zero-order valence-electron chi connectivity index (χ0n) is 17.2. The number of hydrogen-bond acceptors (Lipinski definition) is 4. The molecule has 0 aliphatic heterocycles. The number of aromatic nitrogens is 1. The van der Waals surface area contributed by atoms with Gasteiger partial charge in [-0.3, -0.25) is 14.6 Å². The van der Waals surface area contributed by atoms with Crippen molar-refractivity contribution < 1.29 is 18.4 Å². The number of amides is 2. The summed E-state index contributed by atoms with van der Waals surface area (Å²) < 4.78 is 27.9. The molecule has 1 heterocycles. The van der Waals surface area contributed by atoms with Crippen LogP contribution in [0, 0.1) is 11.6 Å². The van der Waals surface area contributed by atoms with Crippen LogP contribution in [0.1, 0.15) is 44.7 Å². The lowest BCUT2D eigenvalue weighted by Crippen LogP contribution is -2.25. The van der Waals surface area contributed by atoms with Crippen LogP contribution in [0.5, 0.6) is 0 Å². The fourth-order valence-corrected chi connectivity index (χ4v) is 3.32. The minimum Gasteiger partial charge on any atom is -0.349 e. The number of halogens is 2. The molecule has 8 heteroatoms. The zero-order valence-corrected chi connectivity index (χ0v) is 17.2. The molecule has 4 N–H and O–H groups in total. The van der Waals surface area contributed by atoms with E-state index in [1.165, 1.54) is 24.4 Å². The van der Waals surface area contributed by atoms with E-state index in [0.717, 1.165) is 12.8 Å². The number of hydrogen-bond donors (Lipinski definition) is 3. The van der Waals surface area contributed by atoms with Crippen molar-refractivity contribution in [1.29, 1.82) is 0 Å². The predicted octanol–water partition coefficient (Wildman–Crippen LogP) is 3.31. The van der Waals surface area contributed by atoms with Crippen LogP contribution in [0.4, 0.5) is 8.78 Å². The molecule has 4 rings (SSSR count). The van der Waals surface area contributed by atoms with Crippen molar-refractivity contribution in [3.8, 4) is 11.3 Å². The highest BCUT2D eigenvalue weighted by Gasteiger charge is 2.25. The number of nitrogens with one attached hydrogen (secondary N) is 2. The summed E-state index contributed by atoms with van der Waals surface area (Å²) in [5.74, 6) is -1.68. The van der Waals surface area contributed by atoms with E-state index in [9.17, 15) is 18.4 Å². The third-order valence-electron chi connectivity index (χ3n) is 5.22. The Morgan fingerprint density at radius 1 is 1.03 bits per heavy atom. The van der Waals surface area contributed by atoms with Crippen LogP contribution in [-0.2, 0) is 13.1 Å². The van der Waals surface area contributed by atoms with Crippen LogP contribution in [0.3, 0.4) is 0 Å². The molecule has 0 bridgehead atoms. The van der Waals surface area contributed by atoms with Crippen molar-refractivity contribution in [1.82, 2.24) is 15.6 Å². The van der Waals surface area contributed by atoms with E-state index in [-0.39, 0.29) is 47.9 Å². The minimum absolute atomic E-state index is 0.0662. The van der Waals surface area contributed by atoms with E-state index in [1.54, 1.807) is 30.3 Å². The highest BCUT2D eigenvalue weighted by Crippen LogP contribution is 2.27. The molecule has 1 aromatic heterocycles. The normalized spacial score (nSPS) is 13.0. The SMILES string of the molecule is NCc1c(F)cc(C(=O)NC2CC2)cc1-c1ccc(C(=O)NCc2cccc(F)c2)cn1. The summed E-state index contributed by atoms with van der Waals surface area (Å²) in [4.78, 5) is 29.1. The van der Waals surface area contributed by atoms with Crippen LogP contribution < -0.4 is 16.4 Å². The summed E-state index contributed by atoms with van der Waals surface area (Å²) in [7, 11) is 0. The lowest BCUT2D eigenvalue weighted by atomic mass is 9.99. The Balaban J connectivity index is 1.53. The summed E-state index contributed by atoms with van der Waals surface area (Å²) in [5.41, 5.74) is 7.89. The number of nitrogens with two attached hydrogens (primary N) is 1. The Morgan fingerprint density at radius 2 is 1.84 bits per heavy atom. The maximum absolute atomic E-state index is 14.6. The molecule has 1 saturated carbocycles. The number of rotatable bonds is 7. The van der Waals surface area contributed by atoms with Crippen molar-refractivity contribution in [3.05, 3.63) is 88.6 Å².